The molecular formula is C28H31N3O4S. The fraction of sp³-hybridized carbons (Fsp3) is 0.357. The topological polar surface area (TPSA) is 62.3 Å². The van der Waals surface area contributed by atoms with E-state index in [0.717, 1.165) is 54.8 Å². The van der Waals surface area contributed by atoms with Gasteiger partial charge in [0.05, 0.1) is 36.6 Å². The summed E-state index contributed by atoms with van der Waals surface area (Å²) in [4.78, 5) is 33.8. The lowest BCUT2D eigenvalue weighted by Crippen LogP contribution is -2.46. The molecule has 2 aliphatic rings. The molecule has 0 aliphatic carbocycles. The monoisotopic (exact) mass is 505 g/mol. The zero-order chi connectivity index (χ0) is 25.2. The van der Waals surface area contributed by atoms with Gasteiger partial charge in [0, 0.05) is 37.6 Å². The van der Waals surface area contributed by atoms with Crippen molar-refractivity contribution in [3.63, 3.8) is 0 Å². The maximum atomic E-state index is 13.5. The number of benzene rings is 2. The van der Waals surface area contributed by atoms with Crippen LogP contribution in [0.3, 0.4) is 0 Å². The Morgan fingerprint density at radius 2 is 1.78 bits per heavy atom. The SMILES string of the molecule is CCOc1cc(CN2CCN(c3cccc4c3C(=O)N(C(C)c3cccs3)C4=O)CC2)ccc1OC. The lowest BCUT2D eigenvalue weighted by Gasteiger charge is -2.36. The number of carbonyl (C=O) groups excluding carboxylic acids is 2. The van der Waals surface area contributed by atoms with E-state index in [1.807, 2.05) is 55.6 Å². The minimum absolute atomic E-state index is 0.199. The van der Waals surface area contributed by atoms with E-state index in [2.05, 4.69) is 15.9 Å². The van der Waals surface area contributed by atoms with Gasteiger partial charge in [-0.2, -0.15) is 0 Å². The molecule has 0 bridgehead atoms. The maximum Gasteiger partial charge on any atom is 0.264 e. The summed E-state index contributed by atoms with van der Waals surface area (Å²) in [5.74, 6) is 1.10. The van der Waals surface area contributed by atoms with E-state index in [1.54, 1.807) is 24.5 Å². The van der Waals surface area contributed by atoms with Crippen molar-refractivity contribution in [3.05, 3.63) is 75.5 Å². The van der Waals surface area contributed by atoms with Crippen LogP contribution < -0.4 is 14.4 Å². The first-order chi connectivity index (χ1) is 17.5. The predicted molar refractivity (Wildman–Crippen MR) is 141 cm³/mol. The van der Waals surface area contributed by atoms with E-state index < -0.39 is 0 Å². The molecule has 1 atom stereocenters. The summed E-state index contributed by atoms with van der Waals surface area (Å²) in [6, 6.07) is 15.3. The lowest BCUT2D eigenvalue weighted by molar-refractivity contribution is 0.0598. The number of anilines is 1. The van der Waals surface area contributed by atoms with Gasteiger partial charge in [0.15, 0.2) is 11.5 Å². The molecule has 1 fully saturated rings. The van der Waals surface area contributed by atoms with Crippen LogP contribution in [0, 0.1) is 0 Å². The van der Waals surface area contributed by atoms with Crippen LogP contribution >= 0.6 is 11.3 Å². The molecule has 2 amide bonds. The standard InChI is InChI=1S/C28H31N3O4S/c1-4-35-24-17-20(10-11-23(24)34-3)18-29-12-14-30(15-13-29)22-8-5-7-21-26(22)28(33)31(27(21)32)19(2)25-9-6-16-36-25/h5-11,16-17,19H,4,12-15,18H2,1-3H3. The normalized spacial score (nSPS) is 16.9. The largest absolute Gasteiger partial charge is 0.493 e. The average Bonchev–Trinajstić information content (AvgIpc) is 3.52. The smallest absolute Gasteiger partial charge is 0.264 e. The van der Waals surface area contributed by atoms with E-state index in [9.17, 15) is 9.59 Å². The Hall–Kier alpha value is -3.36. The summed E-state index contributed by atoms with van der Waals surface area (Å²) in [6.45, 7) is 8.57. The molecule has 3 aromatic rings. The number of amides is 2. The van der Waals surface area contributed by atoms with Gasteiger partial charge in [-0.15, -0.1) is 11.3 Å². The minimum Gasteiger partial charge on any atom is -0.493 e. The van der Waals surface area contributed by atoms with Crippen LogP contribution in [0.5, 0.6) is 11.5 Å². The zero-order valence-corrected chi connectivity index (χ0v) is 21.7. The summed E-state index contributed by atoms with van der Waals surface area (Å²) in [7, 11) is 1.65. The molecule has 36 heavy (non-hydrogen) atoms. The second-order valence-electron chi connectivity index (χ2n) is 9.05. The number of rotatable bonds is 8. The summed E-state index contributed by atoms with van der Waals surface area (Å²) < 4.78 is 11.1. The first-order valence-corrected chi connectivity index (χ1v) is 13.2. The molecule has 2 aromatic carbocycles. The van der Waals surface area contributed by atoms with E-state index >= 15 is 0 Å². The van der Waals surface area contributed by atoms with Crippen molar-refractivity contribution in [2.45, 2.75) is 26.4 Å². The van der Waals surface area contributed by atoms with Gasteiger partial charge in [-0.25, -0.2) is 0 Å². The summed E-state index contributed by atoms with van der Waals surface area (Å²) >= 11 is 1.56. The van der Waals surface area contributed by atoms with Gasteiger partial charge in [-0.3, -0.25) is 19.4 Å². The fourth-order valence-electron chi connectivity index (χ4n) is 5.05. The third-order valence-electron chi connectivity index (χ3n) is 6.91. The molecule has 0 saturated carbocycles. The number of hydrogen-bond donors (Lipinski definition) is 0. The molecule has 1 aromatic heterocycles. The second kappa shape index (κ2) is 10.3. The number of nitrogens with zero attached hydrogens (tertiary/aromatic N) is 3. The quantitative estimate of drug-likeness (QED) is 0.409. The van der Waals surface area contributed by atoms with Crippen molar-refractivity contribution >= 4 is 28.8 Å². The first-order valence-electron chi connectivity index (χ1n) is 12.3. The molecule has 0 N–H and O–H groups in total. The van der Waals surface area contributed by atoms with Crippen molar-refractivity contribution in [2.75, 3.05) is 44.8 Å². The van der Waals surface area contributed by atoms with Crippen LogP contribution in [0.2, 0.25) is 0 Å². The highest BCUT2D eigenvalue weighted by Gasteiger charge is 2.41. The van der Waals surface area contributed by atoms with E-state index in [4.69, 9.17) is 9.47 Å². The van der Waals surface area contributed by atoms with Crippen LogP contribution in [0.25, 0.3) is 0 Å². The van der Waals surface area contributed by atoms with Crippen LogP contribution in [0.15, 0.2) is 53.9 Å². The van der Waals surface area contributed by atoms with Crippen molar-refractivity contribution < 1.29 is 19.1 Å². The molecule has 2 aliphatic heterocycles. The Kier molecular flexibility index (Phi) is 6.98. The van der Waals surface area contributed by atoms with E-state index in [-0.39, 0.29) is 17.9 Å². The van der Waals surface area contributed by atoms with Crippen LogP contribution in [-0.2, 0) is 6.54 Å². The Bertz CT molecular complexity index is 1250. The molecule has 188 valence electrons. The number of imide groups is 1. The maximum absolute atomic E-state index is 13.5. The highest BCUT2D eigenvalue weighted by Crippen LogP contribution is 2.37. The van der Waals surface area contributed by atoms with Crippen molar-refractivity contribution in [2.24, 2.45) is 0 Å². The van der Waals surface area contributed by atoms with Gasteiger partial charge >= 0.3 is 0 Å². The Morgan fingerprint density at radius 3 is 2.47 bits per heavy atom. The Labute approximate surface area is 215 Å². The number of thiophene rings is 1. The number of piperazine rings is 1. The fourth-order valence-corrected chi connectivity index (χ4v) is 5.82. The molecule has 5 rings (SSSR count). The number of fused-ring (bicyclic) bond motifs is 1. The number of hydrogen-bond acceptors (Lipinski definition) is 7. The molecule has 1 saturated heterocycles. The van der Waals surface area contributed by atoms with Gasteiger partial charge in [0.25, 0.3) is 11.8 Å². The molecule has 0 spiro atoms. The third-order valence-corrected chi connectivity index (χ3v) is 7.96. The van der Waals surface area contributed by atoms with Crippen LogP contribution in [0.4, 0.5) is 5.69 Å². The molecule has 3 heterocycles. The first kappa shape index (κ1) is 24.3. The van der Waals surface area contributed by atoms with Gasteiger partial charge in [0.2, 0.25) is 0 Å². The highest BCUT2D eigenvalue weighted by atomic mass is 32.1. The molecular weight excluding hydrogens is 474 g/mol. The van der Waals surface area contributed by atoms with Crippen LogP contribution in [-0.4, -0.2) is 61.5 Å². The molecule has 1 unspecified atom stereocenters. The molecule has 7 nitrogen and oxygen atoms in total. The molecule has 8 heteroatoms. The van der Waals surface area contributed by atoms with Crippen LogP contribution in [0.1, 0.15) is 51.0 Å². The van der Waals surface area contributed by atoms with Gasteiger partial charge in [-0.1, -0.05) is 18.2 Å². The third kappa shape index (κ3) is 4.47. The van der Waals surface area contributed by atoms with E-state index in [0.29, 0.717) is 17.7 Å². The summed E-state index contributed by atoms with van der Waals surface area (Å²) in [5.41, 5.74) is 3.07. The lowest BCUT2D eigenvalue weighted by atomic mass is 10.1. The number of methoxy groups -OCH3 is 1. The highest BCUT2D eigenvalue weighted by molar-refractivity contribution is 7.10. The summed E-state index contributed by atoms with van der Waals surface area (Å²) in [5, 5.41) is 1.97. The predicted octanol–water partition coefficient (Wildman–Crippen LogP) is 4.83. The number of ether oxygens (including phenoxy) is 2. The van der Waals surface area contributed by atoms with Gasteiger partial charge in [-0.05, 0) is 55.1 Å². The minimum atomic E-state index is -0.284. The average molecular weight is 506 g/mol. The Morgan fingerprint density at radius 1 is 0.972 bits per heavy atom. The number of carbonyl (C=O) groups is 2. The van der Waals surface area contributed by atoms with E-state index in [1.165, 1.54) is 10.5 Å². The van der Waals surface area contributed by atoms with Crippen molar-refractivity contribution in [3.8, 4) is 11.5 Å². The molecule has 0 radical (unpaired) electrons. The van der Waals surface area contributed by atoms with Crippen molar-refractivity contribution in [1.29, 1.82) is 0 Å². The van der Waals surface area contributed by atoms with Gasteiger partial charge < -0.3 is 14.4 Å². The van der Waals surface area contributed by atoms with Gasteiger partial charge in [0.1, 0.15) is 0 Å². The van der Waals surface area contributed by atoms with Crippen molar-refractivity contribution in [1.82, 2.24) is 9.80 Å². The zero-order valence-electron chi connectivity index (χ0n) is 20.9. The summed E-state index contributed by atoms with van der Waals surface area (Å²) in [6.07, 6.45) is 0. The Balaban J connectivity index is 1.29. The second-order valence-corrected chi connectivity index (χ2v) is 10.0.